The predicted molar refractivity (Wildman–Crippen MR) is 132 cm³/mol. The minimum absolute atomic E-state index is 0.000939. The van der Waals surface area contributed by atoms with Crippen LogP contribution in [0.4, 0.5) is 5.69 Å². The van der Waals surface area contributed by atoms with Crippen LogP contribution in [0.3, 0.4) is 0 Å². The molecule has 0 saturated heterocycles. The van der Waals surface area contributed by atoms with E-state index in [9.17, 15) is 14.7 Å². The monoisotopic (exact) mass is 478 g/mol. The Labute approximate surface area is 203 Å². The minimum Gasteiger partial charge on any atom is -0.491 e. The molecule has 0 aliphatic carbocycles. The van der Waals surface area contributed by atoms with Crippen LogP contribution in [0.25, 0.3) is 0 Å². The van der Waals surface area contributed by atoms with Gasteiger partial charge in [0.2, 0.25) is 11.6 Å². The topological polar surface area (TPSA) is 97.5 Å². The zero-order chi connectivity index (χ0) is 24.1. The Kier molecular flexibility index (Phi) is 7.32. The van der Waals surface area contributed by atoms with E-state index in [0.717, 1.165) is 18.4 Å². The van der Waals surface area contributed by atoms with Gasteiger partial charge in [-0.2, -0.15) is 0 Å². The number of hydrogen-bond acceptors (Lipinski definition) is 6. The quantitative estimate of drug-likeness (QED) is 0.277. The van der Waals surface area contributed by atoms with Crippen LogP contribution in [-0.2, 0) is 6.54 Å². The number of aromatic carboxylic acids is 1. The van der Waals surface area contributed by atoms with Gasteiger partial charge in [-0.15, -0.1) is 5.10 Å². The molecule has 8 nitrogen and oxygen atoms in total. The van der Waals surface area contributed by atoms with Gasteiger partial charge in [0.1, 0.15) is 12.1 Å². The molecular weight excluding hydrogens is 452 g/mol. The summed E-state index contributed by atoms with van der Waals surface area (Å²) < 4.78 is 7.60. The molecule has 1 aliphatic rings. The largest absolute Gasteiger partial charge is 0.491 e. The Balaban J connectivity index is 1.27. The molecule has 1 aliphatic heterocycles. The van der Waals surface area contributed by atoms with Crippen molar-refractivity contribution in [2.45, 2.75) is 32.2 Å². The molecule has 2 heterocycles. The molecule has 176 valence electrons. The summed E-state index contributed by atoms with van der Waals surface area (Å²) in [5.41, 5.74) is 1.94. The number of carbonyl (C=O) groups excluding carboxylic acids is 1. The van der Waals surface area contributed by atoms with Crippen molar-refractivity contribution in [1.82, 2.24) is 14.8 Å². The summed E-state index contributed by atoms with van der Waals surface area (Å²) >= 11 is 5.66. The molecule has 1 N–H and O–H groups in total. The van der Waals surface area contributed by atoms with Crippen molar-refractivity contribution >= 4 is 34.6 Å². The summed E-state index contributed by atoms with van der Waals surface area (Å²) in [6, 6.07) is 14.7. The van der Waals surface area contributed by atoms with Gasteiger partial charge in [-0.05, 0) is 36.6 Å². The lowest BCUT2D eigenvalue weighted by atomic mass is 10.0. The van der Waals surface area contributed by atoms with Crippen molar-refractivity contribution in [3.63, 3.8) is 0 Å². The van der Waals surface area contributed by atoms with Crippen molar-refractivity contribution in [3.8, 4) is 5.75 Å². The maximum absolute atomic E-state index is 12.5. The van der Waals surface area contributed by atoms with Crippen molar-refractivity contribution in [2.75, 3.05) is 18.6 Å². The van der Waals surface area contributed by atoms with E-state index in [1.165, 1.54) is 6.07 Å². The fraction of sp³-hybridized carbons (Fsp3) is 0.320. The Morgan fingerprint density at radius 2 is 1.97 bits per heavy atom. The van der Waals surface area contributed by atoms with E-state index in [1.807, 2.05) is 42.3 Å². The summed E-state index contributed by atoms with van der Waals surface area (Å²) in [5, 5.41) is 13.6. The molecule has 4 rings (SSSR count). The Hall–Kier alpha value is -3.59. The standard InChI is InChI=1S/C25H26N4O4S/c1-28-20-13-18(25(31)32)11-12-22(20)33-15-19(24(28)34)9-5-6-10-21(30)23-26-16-29(27-23)14-17-7-3-2-4-8-17/h2-4,7-8,11-13,16,19H,5-6,9-10,14-15H2,1H3,(H,31,32). The molecule has 0 saturated carbocycles. The third-order valence-corrected chi connectivity index (χ3v) is 6.47. The van der Waals surface area contributed by atoms with Gasteiger partial charge in [-0.1, -0.05) is 49.0 Å². The summed E-state index contributed by atoms with van der Waals surface area (Å²) in [6.07, 6.45) is 4.23. The second-order valence-electron chi connectivity index (χ2n) is 8.31. The van der Waals surface area contributed by atoms with Crippen LogP contribution in [0, 0.1) is 5.92 Å². The molecule has 0 amide bonds. The summed E-state index contributed by atoms with van der Waals surface area (Å²) in [5.74, 6) is -0.207. The lowest BCUT2D eigenvalue weighted by molar-refractivity contribution is 0.0696. The molecule has 34 heavy (non-hydrogen) atoms. The Bertz CT molecular complexity index is 1190. The number of fused-ring (bicyclic) bond motifs is 1. The average Bonchev–Trinajstić information content (AvgIpc) is 3.27. The van der Waals surface area contributed by atoms with Crippen LogP contribution in [0.2, 0.25) is 0 Å². The number of thiocarbonyl (C=S) groups is 1. The van der Waals surface area contributed by atoms with Crippen LogP contribution < -0.4 is 9.64 Å². The maximum atomic E-state index is 12.5. The third kappa shape index (κ3) is 5.48. The second kappa shape index (κ2) is 10.6. The number of rotatable bonds is 9. The number of ether oxygens (including phenoxy) is 1. The molecule has 3 aromatic rings. The normalized spacial score (nSPS) is 15.4. The molecule has 0 fully saturated rings. The van der Waals surface area contributed by atoms with E-state index < -0.39 is 5.97 Å². The molecular formula is C25H26N4O4S. The first-order chi connectivity index (χ1) is 16.4. The molecule has 1 aromatic heterocycles. The molecule has 0 bridgehead atoms. The molecule has 2 aromatic carbocycles. The van der Waals surface area contributed by atoms with Crippen molar-refractivity contribution < 1.29 is 19.4 Å². The number of carboxylic acids is 1. The lowest BCUT2D eigenvalue weighted by Gasteiger charge is -2.23. The fourth-order valence-corrected chi connectivity index (χ4v) is 4.24. The van der Waals surface area contributed by atoms with Crippen molar-refractivity contribution in [2.24, 2.45) is 5.92 Å². The predicted octanol–water partition coefficient (Wildman–Crippen LogP) is 4.24. The van der Waals surface area contributed by atoms with Crippen LogP contribution in [0.1, 0.15) is 52.2 Å². The summed E-state index contributed by atoms with van der Waals surface area (Å²) in [6.45, 7) is 0.992. The fourth-order valence-electron chi connectivity index (χ4n) is 3.95. The zero-order valence-electron chi connectivity index (χ0n) is 18.9. The number of nitrogens with zero attached hydrogens (tertiary/aromatic N) is 4. The van der Waals surface area contributed by atoms with Gasteiger partial charge < -0.3 is 14.7 Å². The summed E-state index contributed by atoms with van der Waals surface area (Å²) in [7, 11) is 1.83. The number of hydrogen-bond donors (Lipinski definition) is 1. The van der Waals surface area contributed by atoms with E-state index in [0.29, 0.717) is 42.4 Å². The first-order valence-corrected chi connectivity index (χ1v) is 11.6. The van der Waals surface area contributed by atoms with Gasteiger partial charge >= 0.3 is 5.97 Å². The zero-order valence-corrected chi connectivity index (χ0v) is 19.7. The molecule has 0 spiro atoms. The van der Waals surface area contributed by atoms with Gasteiger partial charge in [0.15, 0.2) is 0 Å². The van der Waals surface area contributed by atoms with Crippen LogP contribution in [0.15, 0.2) is 54.9 Å². The van der Waals surface area contributed by atoms with Crippen LogP contribution >= 0.6 is 12.2 Å². The van der Waals surface area contributed by atoms with Gasteiger partial charge in [-0.3, -0.25) is 4.79 Å². The highest BCUT2D eigenvalue weighted by Crippen LogP contribution is 2.34. The lowest BCUT2D eigenvalue weighted by Crippen LogP contribution is -2.32. The number of unbranched alkanes of at least 4 members (excludes halogenated alkanes) is 1. The highest BCUT2D eigenvalue weighted by Gasteiger charge is 2.26. The molecule has 0 radical (unpaired) electrons. The second-order valence-corrected chi connectivity index (χ2v) is 8.73. The van der Waals surface area contributed by atoms with Gasteiger partial charge in [-0.25, -0.2) is 14.5 Å². The first-order valence-electron chi connectivity index (χ1n) is 11.2. The van der Waals surface area contributed by atoms with Crippen molar-refractivity contribution in [3.05, 3.63) is 71.8 Å². The summed E-state index contributed by atoms with van der Waals surface area (Å²) in [4.78, 5) is 30.5. The first kappa shape index (κ1) is 23.6. The number of aromatic nitrogens is 3. The van der Waals surface area contributed by atoms with E-state index in [-0.39, 0.29) is 23.1 Å². The van der Waals surface area contributed by atoms with Crippen LogP contribution in [-0.4, -0.2) is 50.3 Å². The number of carboxylic acid groups (broad SMARTS) is 1. The number of benzene rings is 2. The van der Waals surface area contributed by atoms with Crippen LogP contribution in [0.5, 0.6) is 5.75 Å². The highest BCUT2D eigenvalue weighted by molar-refractivity contribution is 7.80. The Morgan fingerprint density at radius 1 is 1.18 bits per heavy atom. The average molecular weight is 479 g/mol. The third-order valence-electron chi connectivity index (χ3n) is 5.87. The van der Waals surface area contributed by atoms with E-state index in [2.05, 4.69) is 10.1 Å². The smallest absolute Gasteiger partial charge is 0.335 e. The minimum atomic E-state index is -0.994. The number of Topliss-reactive ketones (excluding diaryl/α,β-unsaturated/α-hetero) is 1. The number of ketones is 1. The molecule has 9 heteroatoms. The highest BCUT2D eigenvalue weighted by atomic mass is 32.1. The molecule has 1 unspecified atom stereocenters. The Morgan fingerprint density at radius 3 is 2.74 bits per heavy atom. The molecule has 1 atom stereocenters. The van der Waals surface area contributed by atoms with E-state index in [4.69, 9.17) is 17.0 Å². The number of carbonyl (C=O) groups is 2. The van der Waals surface area contributed by atoms with Gasteiger partial charge in [0.25, 0.3) is 0 Å². The van der Waals surface area contributed by atoms with Gasteiger partial charge in [0, 0.05) is 19.4 Å². The van der Waals surface area contributed by atoms with Gasteiger partial charge in [0.05, 0.1) is 29.4 Å². The SMILES string of the molecule is CN1C(=S)C(CCCCC(=O)c2ncn(Cc3ccccc3)n2)COc2ccc(C(=O)O)cc21. The maximum Gasteiger partial charge on any atom is 0.335 e. The van der Waals surface area contributed by atoms with E-state index >= 15 is 0 Å². The number of anilines is 1. The van der Waals surface area contributed by atoms with Crippen molar-refractivity contribution in [1.29, 1.82) is 0 Å². The van der Waals surface area contributed by atoms with E-state index in [1.54, 1.807) is 23.1 Å².